The summed E-state index contributed by atoms with van der Waals surface area (Å²) in [6, 6.07) is 12.6. The van der Waals surface area contributed by atoms with E-state index < -0.39 is 0 Å². The Morgan fingerprint density at radius 1 is 1.06 bits per heavy atom. The molecule has 0 radical (unpaired) electrons. The van der Waals surface area contributed by atoms with Gasteiger partial charge in [0.15, 0.2) is 5.11 Å². The second-order valence-corrected chi connectivity index (χ2v) is 9.16. The summed E-state index contributed by atoms with van der Waals surface area (Å²) in [6.07, 6.45) is 0. The zero-order chi connectivity index (χ0) is 22.5. The van der Waals surface area contributed by atoms with Crippen LogP contribution in [0.25, 0.3) is 0 Å². The minimum absolute atomic E-state index is 0.0188. The van der Waals surface area contributed by atoms with Gasteiger partial charge in [0, 0.05) is 36.6 Å². The number of piperazine rings is 1. The van der Waals surface area contributed by atoms with E-state index in [4.69, 9.17) is 23.8 Å². The van der Waals surface area contributed by atoms with Crippen LogP contribution in [-0.2, 0) is 4.79 Å². The van der Waals surface area contributed by atoms with Crippen molar-refractivity contribution in [3.05, 3.63) is 57.5 Å². The second-order valence-electron chi connectivity index (χ2n) is 7.49. The van der Waals surface area contributed by atoms with E-state index in [1.54, 1.807) is 18.2 Å². The first kappa shape index (κ1) is 23.5. The van der Waals surface area contributed by atoms with E-state index in [1.807, 2.05) is 43.0 Å². The molecule has 0 saturated carbocycles. The molecule has 0 spiro atoms. The van der Waals surface area contributed by atoms with Gasteiger partial charge in [-0.15, -0.1) is 0 Å². The van der Waals surface area contributed by atoms with Gasteiger partial charge >= 0.3 is 0 Å². The predicted octanol–water partition coefficient (Wildman–Crippen LogP) is 4.53. The van der Waals surface area contributed by atoms with Crippen LogP contribution in [0.4, 0.5) is 11.4 Å². The lowest BCUT2D eigenvalue weighted by atomic mass is 10.1. The van der Waals surface area contributed by atoms with Crippen molar-refractivity contribution in [2.45, 2.75) is 13.8 Å². The Kier molecular flexibility index (Phi) is 7.91. The third-order valence-corrected chi connectivity index (χ3v) is 6.18. The third kappa shape index (κ3) is 5.75. The summed E-state index contributed by atoms with van der Waals surface area (Å²) in [5.74, 6) is -0.169. The van der Waals surface area contributed by atoms with Crippen LogP contribution < -0.4 is 15.5 Å². The Morgan fingerprint density at radius 2 is 1.74 bits per heavy atom. The van der Waals surface area contributed by atoms with Gasteiger partial charge in [-0.05, 0) is 52.4 Å². The predicted molar refractivity (Wildman–Crippen MR) is 133 cm³/mol. The highest BCUT2D eigenvalue weighted by Gasteiger charge is 2.25. The van der Waals surface area contributed by atoms with Gasteiger partial charge in [0.25, 0.3) is 5.91 Å². The molecule has 0 unspecified atom stereocenters. The molecule has 9 heteroatoms. The first-order valence-corrected chi connectivity index (χ1v) is 11.5. The fourth-order valence-electron chi connectivity index (χ4n) is 3.42. The Morgan fingerprint density at radius 3 is 2.39 bits per heavy atom. The fraction of sp³-hybridized carbons (Fsp3) is 0.318. The van der Waals surface area contributed by atoms with Crippen molar-refractivity contribution in [3.8, 4) is 0 Å². The van der Waals surface area contributed by atoms with Crippen LogP contribution in [-0.4, -0.2) is 48.0 Å². The largest absolute Gasteiger partial charge is 0.365 e. The van der Waals surface area contributed by atoms with Crippen molar-refractivity contribution in [2.75, 3.05) is 36.4 Å². The molecule has 1 aliphatic rings. The lowest BCUT2D eigenvalue weighted by Gasteiger charge is -2.38. The normalized spacial score (nSPS) is 13.8. The number of hydrogen-bond donors (Lipinski definition) is 2. The molecule has 2 aromatic rings. The third-order valence-electron chi connectivity index (χ3n) is 4.98. The van der Waals surface area contributed by atoms with Gasteiger partial charge in [-0.3, -0.25) is 14.9 Å². The zero-order valence-electron chi connectivity index (χ0n) is 17.3. The molecule has 2 N–H and O–H groups in total. The monoisotopic (exact) mass is 522 g/mol. The molecule has 0 bridgehead atoms. The summed E-state index contributed by atoms with van der Waals surface area (Å²) < 4.78 is 0.688. The van der Waals surface area contributed by atoms with Crippen LogP contribution in [0.3, 0.4) is 0 Å². The SMILES string of the molecule is CC(C)C(=O)N1CCN(c2c(Cl)cccc2NC(=S)NC(=O)c2ccccc2Br)CC1. The number of nitrogens with one attached hydrogen (secondary N) is 2. The first-order chi connectivity index (χ1) is 14.8. The average molecular weight is 524 g/mol. The Bertz CT molecular complexity index is 993. The summed E-state index contributed by atoms with van der Waals surface area (Å²) in [7, 11) is 0. The van der Waals surface area contributed by atoms with Crippen LogP contribution >= 0.6 is 39.7 Å². The molecule has 6 nitrogen and oxygen atoms in total. The Hall–Kier alpha value is -2.16. The molecule has 2 aromatic carbocycles. The van der Waals surface area contributed by atoms with E-state index in [0.29, 0.717) is 46.9 Å². The smallest absolute Gasteiger partial charge is 0.258 e. The average Bonchev–Trinajstić information content (AvgIpc) is 2.73. The number of nitrogens with zero attached hydrogens (tertiary/aromatic N) is 2. The van der Waals surface area contributed by atoms with Crippen LogP contribution in [0.2, 0.25) is 5.02 Å². The van der Waals surface area contributed by atoms with E-state index in [1.165, 1.54) is 0 Å². The van der Waals surface area contributed by atoms with E-state index >= 15 is 0 Å². The van der Waals surface area contributed by atoms with E-state index in [9.17, 15) is 9.59 Å². The number of benzene rings is 2. The topological polar surface area (TPSA) is 64.7 Å². The molecular weight excluding hydrogens is 500 g/mol. The molecule has 0 aliphatic carbocycles. The number of anilines is 2. The lowest BCUT2D eigenvalue weighted by Crippen LogP contribution is -2.50. The van der Waals surface area contributed by atoms with Gasteiger partial charge in [0.05, 0.1) is 22.0 Å². The van der Waals surface area contributed by atoms with Crippen LogP contribution in [0, 0.1) is 5.92 Å². The highest BCUT2D eigenvalue weighted by Crippen LogP contribution is 2.34. The number of halogens is 2. The zero-order valence-corrected chi connectivity index (χ0v) is 20.5. The van der Waals surface area contributed by atoms with Crippen LogP contribution in [0.15, 0.2) is 46.9 Å². The van der Waals surface area contributed by atoms with Crippen molar-refractivity contribution >= 4 is 68.1 Å². The minimum atomic E-state index is -0.311. The van der Waals surface area contributed by atoms with E-state index in [2.05, 4.69) is 31.5 Å². The number of thiocarbonyl (C=S) groups is 1. The van der Waals surface area contributed by atoms with Crippen molar-refractivity contribution in [2.24, 2.45) is 5.92 Å². The number of carbonyl (C=O) groups excluding carboxylic acids is 2. The summed E-state index contributed by atoms with van der Waals surface area (Å²) in [5.41, 5.74) is 2.00. The summed E-state index contributed by atoms with van der Waals surface area (Å²) in [5, 5.41) is 6.56. The highest BCUT2D eigenvalue weighted by molar-refractivity contribution is 9.10. The van der Waals surface area contributed by atoms with Crippen LogP contribution in [0.1, 0.15) is 24.2 Å². The van der Waals surface area contributed by atoms with Gasteiger partial charge in [-0.1, -0.05) is 43.6 Å². The summed E-state index contributed by atoms with van der Waals surface area (Å²) in [4.78, 5) is 28.8. The Labute approximate surface area is 201 Å². The maximum Gasteiger partial charge on any atom is 0.258 e. The van der Waals surface area contributed by atoms with Gasteiger partial charge in [0.1, 0.15) is 0 Å². The van der Waals surface area contributed by atoms with Gasteiger partial charge in [0.2, 0.25) is 5.91 Å². The fourth-order valence-corrected chi connectivity index (χ4v) is 4.38. The molecule has 1 aliphatic heterocycles. The van der Waals surface area contributed by atoms with Crippen molar-refractivity contribution < 1.29 is 9.59 Å². The molecule has 1 heterocycles. The molecule has 1 saturated heterocycles. The number of rotatable bonds is 4. The minimum Gasteiger partial charge on any atom is -0.365 e. The number of para-hydroxylation sites is 1. The van der Waals surface area contributed by atoms with Gasteiger partial charge in [-0.2, -0.15) is 0 Å². The van der Waals surface area contributed by atoms with Crippen molar-refractivity contribution in [3.63, 3.8) is 0 Å². The maximum atomic E-state index is 12.5. The second kappa shape index (κ2) is 10.4. The highest BCUT2D eigenvalue weighted by atomic mass is 79.9. The van der Waals surface area contributed by atoms with Gasteiger partial charge < -0.3 is 15.1 Å². The Balaban J connectivity index is 1.70. The maximum absolute atomic E-state index is 12.5. The number of carbonyl (C=O) groups is 2. The number of hydrogen-bond acceptors (Lipinski definition) is 4. The van der Waals surface area contributed by atoms with Crippen molar-refractivity contribution in [1.82, 2.24) is 10.2 Å². The van der Waals surface area contributed by atoms with E-state index in [0.717, 1.165) is 5.69 Å². The summed E-state index contributed by atoms with van der Waals surface area (Å²) >= 11 is 15.3. The van der Waals surface area contributed by atoms with Crippen LogP contribution in [0.5, 0.6) is 0 Å². The van der Waals surface area contributed by atoms with Crippen molar-refractivity contribution in [1.29, 1.82) is 0 Å². The standard InChI is InChI=1S/C22H24BrClN4O2S/c1-14(2)21(30)28-12-10-27(11-13-28)19-17(24)8-5-9-18(19)25-22(31)26-20(29)15-6-3-4-7-16(15)23/h3-9,14H,10-13H2,1-2H3,(H2,25,26,29,31). The molecule has 31 heavy (non-hydrogen) atoms. The van der Waals surface area contributed by atoms with Gasteiger partial charge in [-0.25, -0.2) is 0 Å². The lowest BCUT2D eigenvalue weighted by molar-refractivity contribution is -0.134. The molecule has 1 fully saturated rings. The van der Waals surface area contributed by atoms with E-state index in [-0.39, 0.29) is 22.8 Å². The number of amides is 2. The molecule has 2 amide bonds. The quantitative estimate of drug-likeness (QED) is 0.577. The first-order valence-electron chi connectivity index (χ1n) is 9.97. The molecule has 0 atom stereocenters. The molecular formula is C22H24BrClN4O2S. The molecule has 3 rings (SSSR count). The molecule has 164 valence electrons. The molecule has 0 aromatic heterocycles. The summed E-state index contributed by atoms with van der Waals surface area (Å²) in [6.45, 7) is 6.40.